The number of hydrogen-bond donors (Lipinski definition) is 1. The van der Waals surface area contributed by atoms with Crippen LogP contribution in [-0.2, 0) is 10.0 Å². The van der Waals surface area contributed by atoms with Gasteiger partial charge in [0.2, 0.25) is 0 Å². The summed E-state index contributed by atoms with van der Waals surface area (Å²) < 4.78 is 39.7. The molecule has 0 saturated heterocycles. The number of halogens is 2. The second-order valence-electron chi connectivity index (χ2n) is 4.04. The number of carbonyl (C=O) groups is 1. The molecule has 1 N–H and O–H groups in total. The lowest BCUT2D eigenvalue weighted by Gasteiger charge is -2.10. The van der Waals surface area contributed by atoms with Gasteiger partial charge in [-0.1, -0.05) is 23.7 Å². The summed E-state index contributed by atoms with van der Waals surface area (Å²) in [6.07, 6.45) is 0. The maximum absolute atomic E-state index is 13.6. The van der Waals surface area contributed by atoms with Gasteiger partial charge in [-0.25, -0.2) is 12.8 Å². The molecule has 0 bridgehead atoms. The predicted molar refractivity (Wildman–Crippen MR) is 73.0 cm³/mol. The molecule has 0 fully saturated rings. The Morgan fingerprint density at radius 3 is 2.29 bits per heavy atom. The van der Waals surface area contributed by atoms with E-state index < -0.39 is 21.8 Å². The van der Waals surface area contributed by atoms with Crippen molar-refractivity contribution in [2.24, 2.45) is 0 Å². The molecule has 0 aliphatic rings. The third-order valence-corrected chi connectivity index (χ3v) is 4.19. The van der Waals surface area contributed by atoms with Crippen LogP contribution in [0.25, 0.3) is 0 Å². The molecule has 0 spiro atoms. The van der Waals surface area contributed by atoms with Crippen LogP contribution in [0.4, 0.5) is 10.1 Å². The molecule has 2 rings (SSSR count). The summed E-state index contributed by atoms with van der Waals surface area (Å²) >= 11 is 5.57. The third kappa shape index (κ3) is 3.50. The van der Waals surface area contributed by atoms with Crippen molar-refractivity contribution in [3.05, 3.63) is 58.9 Å². The largest absolute Gasteiger partial charge is 0.545 e. The Labute approximate surface area is 125 Å². The van der Waals surface area contributed by atoms with Crippen LogP contribution in [0.15, 0.2) is 47.4 Å². The van der Waals surface area contributed by atoms with Crippen molar-refractivity contribution in [2.75, 3.05) is 4.72 Å². The van der Waals surface area contributed by atoms with Crippen LogP contribution in [0.3, 0.4) is 0 Å². The molecule has 8 heteroatoms. The summed E-state index contributed by atoms with van der Waals surface area (Å²) in [5.41, 5.74) is -0.421. The van der Waals surface area contributed by atoms with Crippen LogP contribution in [0, 0.1) is 5.82 Å². The highest BCUT2D eigenvalue weighted by Gasteiger charge is 2.16. The van der Waals surface area contributed by atoms with Crippen LogP contribution in [0.5, 0.6) is 0 Å². The van der Waals surface area contributed by atoms with E-state index in [9.17, 15) is 22.7 Å². The smallest absolute Gasteiger partial charge is 0.261 e. The van der Waals surface area contributed by atoms with E-state index in [0.717, 1.165) is 30.3 Å². The van der Waals surface area contributed by atoms with Crippen molar-refractivity contribution in [3.63, 3.8) is 0 Å². The number of rotatable bonds is 4. The van der Waals surface area contributed by atoms with E-state index >= 15 is 0 Å². The van der Waals surface area contributed by atoms with E-state index in [1.165, 1.54) is 12.1 Å². The zero-order valence-electron chi connectivity index (χ0n) is 10.3. The van der Waals surface area contributed by atoms with Gasteiger partial charge in [0.15, 0.2) is 0 Å². The Bertz CT molecular complexity index is 790. The average Bonchev–Trinajstić information content (AvgIpc) is 2.42. The monoisotopic (exact) mass is 328 g/mol. The number of hydrogen-bond acceptors (Lipinski definition) is 4. The van der Waals surface area contributed by atoms with E-state index in [0.29, 0.717) is 0 Å². The second-order valence-corrected chi connectivity index (χ2v) is 6.16. The van der Waals surface area contributed by atoms with Gasteiger partial charge in [-0.15, -0.1) is 0 Å². The molecule has 21 heavy (non-hydrogen) atoms. The number of sulfonamides is 1. The van der Waals surface area contributed by atoms with Crippen LogP contribution < -0.4 is 9.83 Å². The number of carboxylic acid groups (broad SMARTS) is 1. The topological polar surface area (TPSA) is 86.3 Å². The third-order valence-electron chi connectivity index (χ3n) is 2.58. The van der Waals surface area contributed by atoms with E-state index in [1.54, 1.807) is 0 Å². The Morgan fingerprint density at radius 1 is 1.14 bits per heavy atom. The van der Waals surface area contributed by atoms with E-state index in [2.05, 4.69) is 4.72 Å². The fourth-order valence-corrected chi connectivity index (χ4v) is 2.77. The van der Waals surface area contributed by atoms with E-state index in [4.69, 9.17) is 11.6 Å². The summed E-state index contributed by atoms with van der Waals surface area (Å²) in [6, 6.07) is 7.83. The standard InChI is InChI=1S/C13H9ClFNO4S/c14-9-3-6-12(11(15)7-9)16-21(19,20)10-4-1-8(2-5-10)13(17)18/h1-7,16H,(H,17,18)/p-1. The maximum Gasteiger partial charge on any atom is 0.261 e. The van der Waals surface area contributed by atoms with Gasteiger partial charge in [-0.2, -0.15) is 0 Å². The summed E-state index contributed by atoms with van der Waals surface area (Å²) in [7, 11) is -4.04. The molecule has 0 unspecified atom stereocenters. The van der Waals surface area contributed by atoms with Crippen LogP contribution in [0.1, 0.15) is 10.4 Å². The van der Waals surface area contributed by atoms with Crippen molar-refractivity contribution in [1.82, 2.24) is 0 Å². The first kappa shape index (κ1) is 15.3. The zero-order chi connectivity index (χ0) is 15.6. The van der Waals surface area contributed by atoms with Crippen LogP contribution in [-0.4, -0.2) is 14.4 Å². The number of carbonyl (C=O) groups excluding carboxylic acids is 1. The molecule has 0 aliphatic carbocycles. The number of carboxylic acids is 1. The Balaban J connectivity index is 2.31. The fourth-order valence-electron chi connectivity index (χ4n) is 1.55. The summed E-state index contributed by atoms with van der Waals surface area (Å²) in [6.45, 7) is 0. The molecule has 0 aromatic heterocycles. The summed E-state index contributed by atoms with van der Waals surface area (Å²) in [5.74, 6) is -2.24. The molecule has 2 aromatic rings. The number of aromatic carboxylic acids is 1. The molecule has 5 nitrogen and oxygen atoms in total. The van der Waals surface area contributed by atoms with Gasteiger partial charge in [-0.05, 0) is 35.9 Å². The van der Waals surface area contributed by atoms with Gasteiger partial charge in [0.1, 0.15) is 5.82 Å². The number of anilines is 1. The predicted octanol–water partition coefficient (Wildman–Crippen LogP) is 1.64. The molecular weight excluding hydrogens is 321 g/mol. The first-order chi connectivity index (χ1) is 9.79. The normalized spacial score (nSPS) is 11.1. The minimum atomic E-state index is -4.04. The van der Waals surface area contributed by atoms with Crippen molar-refractivity contribution in [1.29, 1.82) is 0 Å². The first-order valence-corrected chi connectivity index (χ1v) is 7.45. The second kappa shape index (κ2) is 5.71. The molecule has 2 aromatic carbocycles. The van der Waals surface area contributed by atoms with Gasteiger partial charge in [-0.3, -0.25) is 4.72 Å². The highest BCUT2D eigenvalue weighted by Crippen LogP contribution is 2.22. The van der Waals surface area contributed by atoms with E-state index in [1.807, 2.05) is 0 Å². The van der Waals surface area contributed by atoms with Crippen molar-refractivity contribution in [3.8, 4) is 0 Å². The van der Waals surface area contributed by atoms with E-state index in [-0.39, 0.29) is 21.2 Å². The Kier molecular flexibility index (Phi) is 4.15. The zero-order valence-corrected chi connectivity index (χ0v) is 11.9. The number of benzene rings is 2. The van der Waals surface area contributed by atoms with Gasteiger partial charge in [0.05, 0.1) is 16.6 Å². The molecule has 0 amide bonds. The minimum absolute atomic E-state index is 0.133. The van der Waals surface area contributed by atoms with Crippen LogP contribution in [0.2, 0.25) is 5.02 Å². The highest BCUT2D eigenvalue weighted by molar-refractivity contribution is 7.92. The van der Waals surface area contributed by atoms with Crippen molar-refractivity contribution >= 4 is 33.3 Å². The van der Waals surface area contributed by atoms with Crippen LogP contribution >= 0.6 is 11.6 Å². The van der Waals surface area contributed by atoms with Gasteiger partial charge in [0, 0.05) is 5.02 Å². The summed E-state index contributed by atoms with van der Waals surface area (Å²) in [5, 5.41) is 10.7. The molecular formula is C13H8ClFNO4S-. The van der Waals surface area contributed by atoms with Crippen molar-refractivity contribution < 1.29 is 22.7 Å². The number of nitrogens with one attached hydrogen (secondary N) is 1. The lowest BCUT2D eigenvalue weighted by atomic mass is 10.2. The minimum Gasteiger partial charge on any atom is -0.545 e. The highest BCUT2D eigenvalue weighted by atomic mass is 35.5. The molecule has 0 atom stereocenters. The molecule has 110 valence electrons. The average molecular weight is 329 g/mol. The Hall–Kier alpha value is -2.12. The molecule has 0 aliphatic heterocycles. The quantitative estimate of drug-likeness (QED) is 0.924. The lowest BCUT2D eigenvalue weighted by Crippen LogP contribution is -2.22. The Morgan fingerprint density at radius 2 is 1.76 bits per heavy atom. The van der Waals surface area contributed by atoms with Crippen molar-refractivity contribution in [2.45, 2.75) is 4.90 Å². The SMILES string of the molecule is O=C([O-])c1ccc(S(=O)(=O)Nc2ccc(Cl)cc2F)cc1. The van der Waals surface area contributed by atoms with Gasteiger partial charge in [0.25, 0.3) is 10.0 Å². The molecule has 0 saturated carbocycles. The molecule has 0 heterocycles. The molecule has 0 radical (unpaired) electrons. The first-order valence-electron chi connectivity index (χ1n) is 5.59. The lowest BCUT2D eigenvalue weighted by molar-refractivity contribution is -0.255. The fraction of sp³-hybridized carbons (Fsp3) is 0. The summed E-state index contributed by atoms with van der Waals surface area (Å²) in [4.78, 5) is 10.4. The van der Waals surface area contributed by atoms with Gasteiger partial charge < -0.3 is 9.90 Å². The van der Waals surface area contributed by atoms with Gasteiger partial charge >= 0.3 is 0 Å². The maximum atomic E-state index is 13.6.